The summed E-state index contributed by atoms with van der Waals surface area (Å²) in [5, 5.41) is 9.03. The maximum absolute atomic E-state index is 12.9. The minimum Gasteiger partial charge on any atom is -0.493 e. The minimum absolute atomic E-state index is 0.0135. The molecule has 0 amide bonds. The monoisotopic (exact) mass is 256 g/mol. The van der Waals surface area contributed by atoms with Crippen LogP contribution in [-0.4, -0.2) is 15.1 Å². The summed E-state index contributed by atoms with van der Waals surface area (Å²) >= 11 is 3.07. The van der Waals surface area contributed by atoms with Gasteiger partial charge in [-0.25, -0.2) is 9.37 Å². The molecule has 0 unspecified atom stereocenters. The number of halogens is 2. The molecule has 1 aromatic carbocycles. The number of nitrogens with one attached hydrogen (secondary N) is 1. The maximum atomic E-state index is 12.9. The van der Waals surface area contributed by atoms with Crippen molar-refractivity contribution >= 4 is 15.9 Å². The second kappa shape index (κ2) is 3.42. The highest BCUT2D eigenvalue weighted by Crippen LogP contribution is 2.23. The lowest BCUT2D eigenvalue weighted by atomic mass is 10.2. The van der Waals surface area contributed by atoms with Gasteiger partial charge in [0.05, 0.1) is 10.7 Å². The van der Waals surface area contributed by atoms with E-state index in [1.165, 1.54) is 12.3 Å². The molecule has 14 heavy (non-hydrogen) atoms. The number of aromatic amines is 1. The fourth-order valence-corrected chi connectivity index (χ4v) is 1.48. The van der Waals surface area contributed by atoms with Gasteiger partial charge in [0.1, 0.15) is 11.6 Å². The molecule has 1 heterocycles. The van der Waals surface area contributed by atoms with Gasteiger partial charge >= 0.3 is 0 Å². The lowest BCUT2D eigenvalue weighted by molar-refractivity contribution is 0.457. The Bertz CT molecular complexity index is 470. The highest BCUT2D eigenvalue weighted by atomic mass is 79.9. The van der Waals surface area contributed by atoms with Gasteiger partial charge in [-0.1, -0.05) is 0 Å². The van der Waals surface area contributed by atoms with Crippen LogP contribution in [0.2, 0.25) is 0 Å². The molecule has 5 heteroatoms. The SMILES string of the molecule is Oc1cnc(-c2ccc(F)c(Br)c2)[nH]1. The molecule has 0 aliphatic heterocycles. The zero-order chi connectivity index (χ0) is 10.1. The number of imidazole rings is 1. The van der Waals surface area contributed by atoms with Crippen molar-refractivity contribution in [1.82, 2.24) is 9.97 Å². The summed E-state index contributed by atoms with van der Waals surface area (Å²) in [5.74, 6) is 0.160. The van der Waals surface area contributed by atoms with Crippen LogP contribution in [0.15, 0.2) is 28.9 Å². The van der Waals surface area contributed by atoms with E-state index in [9.17, 15) is 4.39 Å². The Morgan fingerprint density at radius 1 is 1.43 bits per heavy atom. The molecule has 3 nitrogen and oxygen atoms in total. The van der Waals surface area contributed by atoms with E-state index in [0.717, 1.165) is 0 Å². The van der Waals surface area contributed by atoms with Gasteiger partial charge < -0.3 is 10.1 Å². The molecular formula is C9H6BrFN2O. The van der Waals surface area contributed by atoms with E-state index in [2.05, 4.69) is 25.9 Å². The van der Waals surface area contributed by atoms with Crippen LogP contribution < -0.4 is 0 Å². The first-order chi connectivity index (χ1) is 6.66. The lowest BCUT2D eigenvalue weighted by Gasteiger charge is -1.98. The molecule has 0 aliphatic carbocycles. The van der Waals surface area contributed by atoms with Crippen molar-refractivity contribution in [1.29, 1.82) is 0 Å². The van der Waals surface area contributed by atoms with Crippen LogP contribution in [0.5, 0.6) is 5.88 Å². The van der Waals surface area contributed by atoms with Crippen LogP contribution in [0.3, 0.4) is 0 Å². The van der Waals surface area contributed by atoms with E-state index in [0.29, 0.717) is 15.9 Å². The highest BCUT2D eigenvalue weighted by molar-refractivity contribution is 9.10. The molecule has 0 saturated heterocycles. The Morgan fingerprint density at radius 2 is 2.21 bits per heavy atom. The topological polar surface area (TPSA) is 48.9 Å². The van der Waals surface area contributed by atoms with Gasteiger partial charge in [0.25, 0.3) is 0 Å². The van der Waals surface area contributed by atoms with Gasteiger partial charge in [-0.3, -0.25) is 0 Å². The molecule has 0 radical (unpaired) electrons. The number of nitrogens with zero attached hydrogens (tertiary/aromatic N) is 1. The largest absolute Gasteiger partial charge is 0.493 e. The summed E-state index contributed by atoms with van der Waals surface area (Å²) < 4.78 is 13.3. The van der Waals surface area contributed by atoms with Gasteiger partial charge in [-0.05, 0) is 34.1 Å². The lowest BCUT2D eigenvalue weighted by Crippen LogP contribution is -1.82. The third-order valence-electron chi connectivity index (χ3n) is 1.76. The van der Waals surface area contributed by atoms with E-state index < -0.39 is 0 Å². The minimum atomic E-state index is -0.329. The van der Waals surface area contributed by atoms with Crippen molar-refractivity contribution in [2.24, 2.45) is 0 Å². The number of benzene rings is 1. The van der Waals surface area contributed by atoms with Crippen molar-refractivity contribution in [3.05, 3.63) is 34.7 Å². The Morgan fingerprint density at radius 3 is 2.79 bits per heavy atom. The highest BCUT2D eigenvalue weighted by Gasteiger charge is 2.05. The molecule has 0 bridgehead atoms. The van der Waals surface area contributed by atoms with Crippen LogP contribution in [0.25, 0.3) is 11.4 Å². The van der Waals surface area contributed by atoms with Crippen LogP contribution in [-0.2, 0) is 0 Å². The zero-order valence-corrected chi connectivity index (χ0v) is 8.55. The van der Waals surface area contributed by atoms with Crippen LogP contribution in [0.4, 0.5) is 4.39 Å². The Balaban J connectivity index is 2.47. The predicted octanol–water partition coefficient (Wildman–Crippen LogP) is 2.68. The number of hydrogen-bond acceptors (Lipinski definition) is 2. The second-order valence-electron chi connectivity index (χ2n) is 2.75. The van der Waals surface area contributed by atoms with Crippen molar-refractivity contribution < 1.29 is 9.50 Å². The molecule has 2 rings (SSSR count). The summed E-state index contributed by atoms with van der Waals surface area (Å²) in [4.78, 5) is 6.55. The standard InChI is InChI=1S/C9H6BrFN2O/c10-6-3-5(1-2-7(6)11)9-12-4-8(14)13-9/h1-4,14H,(H,12,13). The van der Waals surface area contributed by atoms with Crippen molar-refractivity contribution in [2.75, 3.05) is 0 Å². The van der Waals surface area contributed by atoms with E-state index in [4.69, 9.17) is 5.11 Å². The summed E-state index contributed by atoms with van der Waals surface area (Å²) in [5.41, 5.74) is 0.707. The first kappa shape index (κ1) is 9.21. The van der Waals surface area contributed by atoms with Gasteiger partial charge in [-0.2, -0.15) is 0 Å². The molecule has 72 valence electrons. The average Bonchev–Trinajstić information content (AvgIpc) is 2.57. The van der Waals surface area contributed by atoms with Crippen LogP contribution in [0.1, 0.15) is 0 Å². The molecule has 0 aliphatic rings. The number of aromatic nitrogens is 2. The Kier molecular flexibility index (Phi) is 2.25. The zero-order valence-electron chi connectivity index (χ0n) is 6.96. The fraction of sp³-hybridized carbons (Fsp3) is 0. The first-order valence-electron chi connectivity index (χ1n) is 3.86. The second-order valence-corrected chi connectivity index (χ2v) is 3.60. The van der Waals surface area contributed by atoms with Crippen LogP contribution in [0, 0.1) is 5.82 Å². The Hall–Kier alpha value is -1.36. The number of H-pyrrole nitrogens is 1. The van der Waals surface area contributed by atoms with E-state index in [1.807, 2.05) is 0 Å². The molecule has 2 N–H and O–H groups in total. The molecular weight excluding hydrogens is 251 g/mol. The van der Waals surface area contributed by atoms with Gasteiger partial charge in [0.2, 0.25) is 5.88 Å². The molecule has 0 saturated carbocycles. The number of hydrogen-bond donors (Lipinski definition) is 2. The van der Waals surface area contributed by atoms with Crippen LogP contribution >= 0.6 is 15.9 Å². The first-order valence-corrected chi connectivity index (χ1v) is 4.65. The Labute approximate surface area is 87.7 Å². The quantitative estimate of drug-likeness (QED) is 0.825. The summed E-state index contributed by atoms with van der Waals surface area (Å²) in [6.07, 6.45) is 1.30. The number of rotatable bonds is 1. The van der Waals surface area contributed by atoms with Crippen molar-refractivity contribution in [3.8, 4) is 17.3 Å². The third kappa shape index (κ3) is 1.63. The van der Waals surface area contributed by atoms with Gasteiger partial charge in [-0.15, -0.1) is 0 Å². The number of aromatic hydroxyl groups is 1. The molecule has 0 fully saturated rings. The predicted molar refractivity (Wildman–Crippen MR) is 53.3 cm³/mol. The van der Waals surface area contributed by atoms with Crippen molar-refractivity contribution in [2.45, 2.75) is 0 Å². The molecule has 0 spiro atoms. The molecule has 1 aromatic heterocycles. The fourth-order valence-electron chi connectivity index (χ4n) is 1.10. The summed E-state index contributed by atoms with van der Waals surface area (Å²) in [6, 6.07) is 4.50. The van der Waals surface area contributed by atoms with E-state index >= 15 is 0 Å². The smallest absolute Gasteiger partial charge is 0.208 e. The van der Waals surface area contributed by atoms with Gasteiger partial charge in [0.15, 0.2) is 0 Å². The molecule has 0 atom stereocenters. The molecule has 2 aromatic rings. The normalized spacial score (nSPS) is 10.4. The summed E-state index contributed by atoms with van der Waals surface area (Å²) in [6.45, 7) is 0. The van der Waals surface area contributed by atoms with E-state index in [-0.39, 0.29) is 11.7 Å². The van der Waals surface area contributed by atoms with Crippen molar-refractivity contribution in [3.63, 3.8) is 0 Å². The van der Waals surface area contributed by atoms with E-state index in [1.54, 1.807) is 12.1 Å². The third-order valence-corrected chi connectivity index (χ3v) is 2.36. The van der Waals surface area contributed by atoms with Gasteiger partial charge in [0, 0.05) is 5.56 Å². The average molecular weight is 257 g/mol. The maximum Gasteiger partial charge on any atom is 0.208 e. The summed E-state index contributed by atoms with van der Waals surface area (Å²) in [7, 11) is 0.